The number of aromatic nitrogens is 2. The van der Waals surface area contributed by atoms with Crippen molar-refractivity contribution in [3.8, 4) is 5.75 Å². The Balaban J connectivity index is 2.42. The molecule has 0 spiro atoms. The SMILES string of the molecule is COc1cc(Cl)c(C)cc1Nc1nc(C)cc(C(N)=S)n1. The number of methoxy groups -OCH3 is 1. The Bertz CT molecular complexity index is 706. The van der Waals surface area contributed by atoms with Crippen molar-refractivity contribution in [1.82, 2.24) is 9.97 Å². The van der Waals surface area contributed by atoms with E-state index in [0.717, 1.165) is 16.9 Å². The van der Waals surface area contributed by atoms with E-state index in [1.165, 1.54) is 0 Å². The van der Waals surface area contributed by atoms with Gasteiger partial charge in [-0.05, 0) is 31.5 Å². The number of benzene rings is 1. The predicted octanol–water partition coefficient (Wildman–Crippen LogP) is 3.13. The number of nitrogens with two attached hydrogens (primary N) is 1. The van der Waals surface area contributed by atoms with Crippen molar-refractivity contribution in [1.29, 1.82) is 0 Å². The average molecular weight is 323 g/mol. The van der Waals surface area contributed by atoms with E-state index < -0.39 is 0 Å². The first-order chi connectivity index (χ1) is 9.90. The zero-order valence-electron chi connectivity index (χ0n) is 11.9. The number of hydrogen-bond acceptors (Lipinski definition) is 5. The van der Waals surface area contributed by atoms with Crippen LogP contribution in [0.4, 0.5) is 11.6 Å². The van der Waals surface area contributed by atoms with Crippen molar-refractivity contribution in [2.45, 2.75) is 13.8 Å². The van der Waals surface area contributed by atoms with Crippen molar-refractivity contribution in [2.24, 2.45) is 5.73 Å². The second-order valence-electron chi connectivity index (χ2n) is 4.51. The van der Waals surface area contributed by atoms with E-state index >= 15 is 0 Å². The molecular formula is C14H15ClN4OS. The summed E-state index contributed by atoms with van der Waals surface area (Å²) in [5.41, 5.74) is 8.54. The molecule has 21 heavy (non-hydrogen) atoms. The molecule has 0 fully saturated rings. The van der Waals surface area contributed by atoms with Crippen molar-refractivity contribution < 1.29 is 4.74 Å². The molecule has 0 saturated carbocycles. The highest BCUT2D eigenvalue weighted by molar-refractivity contribution is 7.80. The van der Waals surface area contributed by atoms with E-state index in [2.05, 4.69) is 15.3 Å². The molecule has 5 nitrogen and oxygen atoms in total. The minimum atomic E-state index is 0.225. The van der Waals surface area contributed by atoms with E-state index in [1.807, 2.05) is 19.9 Å². The van der Waals surface area contributed by atoms with Crippen LogP contribution in [0.1, 0.15) is 17.0 Å². The molecule has 2 aromatic rings. The number of nitrogens with zero attached hydrogens (tertiary/aromatic N) is 2. The number of ether oxygens (including phenoxy) is 1. The molecule has 110 valence electrons. The van der Waals surface area contributed by atoms with Gasteiger partial charge in [0, 0.05) is 16.8 Å². The van der Waals surface area contributed by atoms with Gasteiger partial charge in [0.25, 0.3) is 0 Å². The molecule has 0 aliphatic carbocycles. The van der Waals surface area contributed by atoms with Crippen LogP contribution >= 0.6 is 23.8 Å². The molecule has 1 aromatic heterocycles. The monoisotopic (exact) mass is 322 g/mol. The van der Waals surface area contributed by atoms with Crippen LogP contribution < -0.4 is 15.8 Å². The fourth-order valence-electron chi connectivity index (χ4n) is 1.80. The molecular weight excluding hydrogens is 308 g/mol. The van der Waals surface area contributed by atoms with Crippen LogP contribution in [-0.2, 0) is 0 Å². The highest BCUT2D eigenvalue weighted by Gasteiger charge is 2.10. The van der Waals surface area contributed by atoms with Crippen LogP contribution in [0.25, 0.3) is 0 Å². The number of anilines is 2. The lowest BCUT2D eigenvalue weighted by Gasteiger charge is -2.13. The van der Waals surface area contributed by atoms with Gasteiger partial charge in [0.15, 0.2) is 0 Å². The Labute approximate surface area is 133 Å². The van der Waals surface area contributed by atoms with Crippen molar-refractivity contribution in [3.63, 3.8) is 0 Å². The van der Waals surface area contributed by atoms with Gasteiger partial charge in [0.1, 0.15) is 16.4 Å². The summed E-state index contributed by atoms with van der Waals surface area (Å²) in [4.78, 5) is 8.82. The zero-order valence-corrected chi connectivity index (χ0v) is 13.5. The highest BCUT2D eigenvalue weighted by atomic mass is 35.5. The summed E-state index contributed by atoms with van der Waals surface area (Å²) in [5.74, 6) is 1.01. The van der Waals surface area contributed by atoms with Gasteiger partial charge in [0.05, 0.1) is 12.8 Å². The van der Waals surface area contributed by atoms with E-state index in [4.69, 9.17) is 34.3 Å². The lowest BCUT2D eigenvalue weighted by Crippen LogP contribution is -2.14. The Morgan fingerprint density at radius 3 is 2.62 bits per heavy atom. The first-order valence-corrected chi connectivity index (χ1v) is 6.96. The van der Waals surface area contributed by atoms with Gasteiger partial charge in [-0.15, -0.1) is 0 Å². The zero-order chi connectivity index (χ0) is 15.6. The molecule has 0 saturated heterocycles. The fourth-order valence-corrected chi connectivity index (χ4v) is 2.06. The molecule has 0 aliphatic rings. The van der Waals surface area contributed by atoms with Gasteiger partial charge in [-0.3, -0.25) is 0 Å². The van der Waals surface area contributed by atoms with Crippen LogP contribution in [0.2, 0.25) is 5.02 Å². The molecule has 0 aliphatic heterocycles. The average Bonchev–Trinajstić information content (AvgIpc) is 2.42. The largest absolute Gasteiger partial charge is 0.495 e. The summed E-state index contributed by atoms with van der Waals surface area (Å²) in [5, 5.41) is 3.74. The first kappa shape index (κ1) is 15.5. The van der Waals surface area contributed by atoms with Crippen molar-refractivity contribution in [2.75, 3.05) is 12.4 Å². The Kier molecular flexibility index (Phi) is 4.59. The van der Waals surface area contributed by atoms with Gasteiger partial charge < -0.3 is 15.8 Å². The van der Waals surface area contributed by atoms with E-state index in [0.29, 0.717) is 22.4 Å². The Morgan fingerprint density at radius 1 is 1.29 bits per heavy atom. The third-order valence-electron chi connectivity index (χ3n) is 2.83. The minimum absolute atomic E-state index is 0.225. The van der Waals surface area contributed by atoms with Crippen molar-refractivity contribution >= 4 is 40.4 Å². The fraction of sp³-hybridized carbons (Fsp3) is 0.214. The number of thiocarbonyl (C=S) groups is 1. The molecule has 0 amide bonds. The van der Waals surface area contributed by atoms with Gasteiger partial charge in [-0.1, -0.05) is 23.8 Å². The molecule has 1 heterocycles. The second-order valence-corrected chi connectivity index (χ2v) is 5.36. The summed E-state index contributed by atoms with van der Waals surface area (Å²) in [6.07, 6.45) is 0. The molecule has 0 bridgehead atoms. The standard InChI is InChI=1S/C14H15ClN4OS/c1-7-4-10(12(20-3)6-9(7)15)18-14-17-8(2)5-11(19-14)13(16)21/h4-6H,1-3H3,(H2,16,21)(H,17,18,19). The number of rotatable bonds is 4. The number of hydrogen-bond donors (Lipinski definition) is 2. The van der Waals surface area contributed by atoms with Crippen LogP contribution in [0, 0.1) is 13.8 Å². The van der Waals surface area contributed by atoms with Crippen molar-refractivity contribution in [3.05, 3.63) is 40.2 Å². The van der Waals surface area contributed by atoms with Crippen LogP contribution in [0.15, 0.2) is 18.2 Å². The van der Waals surface area contributed by atoms with E-state index in [1.54, 1.807) is 19.2 Å². The van der Waals surface area contributed by atoms with Gasteiger partial charge >= 0.3 is 0 Å². The summed E-state index contributed by atoms with van der Waals surface area (Å²) >= 11 is 11.0. The molecule has 1 aromatic carbocycles. The topological polar surface area (TPSA) is 73.1 Å². The van der Waals surface area contributed by atoms with Gasteiger partial charge in [-0.25, -0.2) is 9.97 Å². The molecule has 0 radical (unpaired) electrons. The molecule has 2 rings (SSSR count). The molecule has 7 heteroatoms. The minimum Gasteiger partial charge on any atom is -0.495 e. The summed E-state index contributed by atoms with van der Waals surface area (Å²) in [7, 11) is 1.57. The van der Waals surface area contributed by atoms with Crippen LogP contribution in [-0.4, -0.2) is 22.1 Å². The summed E-state index contributed by atoms with van der Waals surface area (Å²) < 4.78 is 5.31. The summed E-state index contributed by atoms with van der Waals surface area (Å²) in [6, 6.07) is 5.34. The van der Waals surface area contributed by atoms with Crippen LogP contribution in [0.3, 0.4) is 0 Å². The summed E-state index contributed by atoms with van der Waals surface area (Å²) in [6.45, 7) is 3.75. The van der Waals surface area contributed by atoms with Gasteiger partial charge in [0.2, 0.25) is 5.95 Å². The molecule has 3 N–H and O–H groups in total. The normalized spacial score (nSPS) is 10.3. The maximum Gasteiger partial charge on any atom is 0.228 e. The van der Waals surface area contributed by atoms with E-state index in [9.17, 15) is 0 Å². The lowest BCUT2D eigenvalue weighted by molar-refractivity contribution is 0.416. The third-order valence-corrected chi connectivity index (χ3v) is 3.45. The molecule has 0 unspecified atom stereocenters. The highest BCUT2D eigenvalue weighted by Crippen LogP contribution is 2.32. The maximum absolute atomic E-state index is 6.09. The lowest BCUT2D eigenvalue weighted by atomic mass is 10.2. The smallest absolute Gasteiger partial charge is 0.228 e. The Hall–Kier alpha value is -1.92. The number of halogens is 1. The van der Waals surface area contributed by atoms with E-state index in [-0.39, 0.29) is 4.99 Å². The second kappa shape index (κ2) is 6.24. The number of aryl methyl sites for hydroxylation is 2. The molecule has 0 atom stereocenters. The van der Waals surface area contributed by atoms with Crippen LogP contribution in [0.5, 0.6) is 5.75 Å². The quantitative estimate of drug-likeness (QED) is 0.842. The number of nitrogens with one attached hydrogen (secondary N) is 1. The Morgan fingerprint density at radius 2 is 2.00 bits per heavy atom. The maximum atomic E-state index is 6.09. The predicted molar refractivity (Wildman–Crippen MR) is 88.7 cm³/mol. The third kappa shape index (κ3) is 3.59. The first-order valence-electron chi connectivity index (χ1n) is 6.17. The van der Waals surface area contributed by atoms with Gasteiger partial charge in [-0.2, -0.15) is 0 Å².